The van der Waals surface area contributed by atoms with Crippen molar-refractivity contribution in [1.82, 2.24) is 4.98 Å². The first kappa shape index (κ1) is 11.5. The third kappa shape index (κ3) is 2.20. The van der Waals surface area contributed by atoms with Crippen LogP contribution in [0, 0.1) is 5.82 Å². The van der Waals surface area contributed by atoms with Gasteiger partial charge in [-0.2, -0.15) is 0 Å². The summed E-state index contributed by atoms with van der Waals surface area (Å²) in [6.07, 6.45) is 1.59. The van der Waals surface area contributed by atoms with Crippen molar-refractivity contribution in [3.63, 3.8) is 0 Å². The van der Waals surface area contributed by atoms with Gasteiger partial charge in [0.2, 0.25) is 0 Å². The average Bonchev–Trinajstić information content (AvgIpc) is 2.42. The highest BCUT2D eigenvalue weighted by Crippen LogP contribution is 2.27. The first-order valence-electron chi connectivity index (χ1n) is 5.78. The van der Waals surface area contributed by atoms with E-state index in [-0.39, 0.29) is 11.4 Å². The number of hydrogen-bond acceptors (Lipinski definition) is 2. The van der Waals surface area contributed by atoms with E-state index >= 15 is 0 Å². The lowest BCUT2D eigenvalue weighted by Crippen LogP contribution is -2.05. The molecule has 1 N–H and O–H groups in total. The molecule has 3 nitrogen and oxygen atoms in total. The molecule has 0 unspecified atom stereocenters. The highest BCUT2D eigenvalue weighted by atomic mass is 19.1. The average molecular weight is 255 g/mol. The fourth-order valence-corrected chi connectivity index (χ4v) is 1.92. The van der Waals surface area contributed by atoms with Crippen molar-refractivity contribution in [2.75, 3.05) is 0 Å². The smallest absolute Gasteiger partial charge is 0.259 e. The van der Waals surface area contributed by atoms with Crippen LogP contribution in [-0.4, -0.2) is 4.98 Å². The zero-order chi connectivity index (χ0) is 13.2. The van der Waals surface area contributed by atoms with Gasteiger partial charge in [-0.3, -0.25) is 4.79 Å². The Balaban J connectivity index is 2.10. The fraction of sp³-hybridized carbons (Fsp3) is 0. The molecule has 0 amide bonds. The normalized spacial score (nSPS) is 10.6. The number of pyridine rings is 1. The van der Waals surface area contributed by atoms with Crippen molar-refractivity contribution in [1.29, 1.82) is 0 Å². The molecule has 0 aliphatic rings. The van der Waals surface area contributed by atoms with Gasteiger partial charge in [0.05, 0.1) is 5.39 Å². The van der Waals surface area contributed by atoms with Crippen LogP contribution in [0.1, 0.15) is 0 Å². The maximum atomic E-state index is 12.8. The van der Waals surface area contributed by atoms with E-state index in [0.717, 1.165) is 5.39 Å². The second-order valence-electron chi connectivity index (χ2n) is 4.08. The Morgan fingerprint density at radius 1 is 1.00 bits per heavy atom. The second-order valence-corrected chi connectivity index (χ2v) is 4.08. The lowest BCUT2D eigenvalue weighted by molar-refractivity contribution is 0.485. The van der Waals surface area contributed by atoms with Crippen LogP contribution in [0.3, 0.4) is 0 Å². The Morgan fingerprint density at radius 2 is 1.79 bits per heavy atom. The quantitative estimate of drug-likeness (QED) is 0.762. The number of ether oxygens (including phenoxy) is 1. The SMILES string of the molecule is O=c1[nH]ccc2cccc(Oc3ccc(F)cc3)c12. The molecule has 0 bridgehead atoms. The minimum absolute atomic E-state index is 0.213. The molecule has 4 heteroatoms. The summed E-state index contributed by atoms with van der Waals surface area (Å²) in [6, 6.07) is 12.8. The number of benzene rings is 2. The van der Waals surface area contributed by atoms with E-state index in [2.05, 4.69) is 4.98 Å². The van der Waals surface area contributed by atoms with E-state index in [1.54, 1.807) is 24.4 Å². The highest BCUT2D eigenvalue weighted by Gasteiger charge is 2.06. The lowest BCUT2D eigenvalue weighted by atomic mass is 10.1. The molecule has 1 heterocycles. The van der Waals surface area contributed by atoms with Crippen LogP contribution in [0.4, 0.5) is 4.39 Å². The third-order valence-electron chi connectivity index (χ3n) is 2.80. The maximum Gasteiger partial charge on any atom is 0.259 e. The minimum atomic E-state index is -0.330. The Hall–Kier alpha value is -2.62. The van der Waals surface area contributed by atoms with Crippen molar-refractivity contribution in [3.05, 3.63) is 70.9 Å². The molecular formula is C15H10FNO2. The molecule has 94 valence electrons. The Morgan fingerprint density at radius 3 is 2.58 bits per heavy atom. The van der Waals surface area contributed by atoms with E-state index in [0.29, 0.717) is 16.9 Å². The zero-order valence-corrected chi connectivity index (χ0v) is 9.89. The van der Waals surface area contributed by atoms with Crippen LogP contribution in [0.5, 0.6) is 11.5 Å². The van der Waals surface area contributed by atoms with Crippen LogP contribution in [-0.2, 0) is 0 Å². The van der Waals surface area contributed by atoms with Gasteiger partial charge in [0, 0.05) is 6.20 Å². The van der Waals surface area contributed by atoms with Crippen LogP contribution < -0.4 is 10.3 Å². The summed E-state index contributed by atoms with van der Waals surface area (Å²) in [6.45, 7) is 0. The summed E-state index contributed by atoms with van der Waals surface area (Å²) >= 11 is 0. The monoisotopic (exact) mass is 255 g/mol. The molecule has 0 aliphatic carbocycles. The first-order chi connectivity index (χ1) is 9.24. The van der Waals surface area contributed by atoms with Gasteiger partial charge in [0.15, 0.2) is 0 Å². The third-order valence-corrected chi connectivity index (χ3v) is 2.80. The Labute approximate surface area is 108 Å². The molecule has 0 atom stereocenters. The summed E-state index contributed by atoms with van der Waals surface area (Å²) in [7, 11) is 0. The van der Waals surface area contributed by atoms with Crippen LogP contribution >= 0.6 is 0 Å². The standard InChI is InChI=1S/C15H10FNO2/c16-11-4-6-12(7-5-11)19-13-3-1-2-10-8-9-17-15(18)14(10)13/h1-9H,(H,17,18). The summed E-state index contributed by atoms with van der Waals surface area (Å²) < 4.78 is 18.5. The molecule has 3 rings (SSSR count). The zero-order valence-electron chi connectivity index (χ0n) is 9.89. The Bertz CT molecular complexity index is 773. The molecule has 0 spiro atoms. The van der Waals surface area contributed by atoms with Crippen molar-refractivity contribution in [3.8, 4) is 11.5 Å². The number of H-pyrrole nitrogens is 1. The van der Waals surface area contributed by atoms with Crippen LogP contribution in [0.25, 0.3) is 10.8 Å². The molecule has 2 aromatic carbocycles. The number of aromatic nitrogens is 1. The predicted octanol–water partition coefficient (Wildman–Crippen LogP) is 3.46. The van der Waals surface area contributed by atoms with Gasteiger partial charge in [-0.15, -0.1) is 0 Å². The lowest BCUT2D eigenvalue weighted by Gasteiger charge is -2.08. The van der Waals surface area contributed by atoms with E-state index in [4.69, 9.17) is 4.74 Å². The summed E-state index contributed by atoms with van der Waals surface area (Å²) in [4.78, 5) is 14.5. The van der Waals surface area contributed by atoms with E-state index < -0.39 is 0 Å². The number of hydrogen-bond donors (Lipinski definition) is 1. The van der Waals surface area contributed by atoms with Gasteiger partial charge in [0.25, 0.3) is 5.56 Å². The van der Waals surface area contributed by atoms with Gasteiger partial charge in [-0.25, -0.2) is 4.39 Å². The number of rotatable bonds is 2. The van der Waals surface area contributed by atoms with Gasteiger partial charge in [0.1, 0.15) is 17.3 Å². The number of aromatic amines is 1. The Kier molecular flexibility index (Phi) is 2.76. The summed E-state index contributed by atoms with van der Waals surface area (Å²) in [5, 5.41) is 1.28. The number of halogens is 1. The fourth-order valence-electron chi connectivity index (χ4n) is 1.92. The van der Waals surface area contributed by atoms with Gasteiger partial charge in [-0.05, 0) is 41.8 Å². The number of nitrogens with one attached hydrogen (secondary N) is 1. The minimum Gasteiger partial charge on any atom is -0.457 e. The second kappa shape index (κ2) is 4.57. The van der Waals surface area contributed by atoms with Crippen LogP contribution in [0.15, 0.2) is 59.5 Å². The largest absolute Gasteiger partial charge is 0.457 e. The highest BCUT2D eigenvalue weighted by molar-refractivity contribution is 5.87. The van der Waals surface area contributed by atoms with E-state index in [9.17, 15) is 9.18 Å². The van der Waals surface area contributed by atoms with E-state index in [1.807, 2.05) is 6.07 Å². The van der Waals surface area contributed by atoms with Gasteiger partial charge in [-0.1, -0.05) is 12.1 Å². The molecule has 0 fully saturated rings. The molecule has 0 saturated carbocycles. The number of fused-ring (bicyclic) bond motifs is 1. The maximum absolute atomic E-state index is 12.8. The van der Waals surface area contributed by atoms with E-state index in [1.165, 1.54) is 24.3 Å². The van der Waals surface area contributed by atoms with Crippen LogP contribution in [0.2, 0.25) is 0 Å². The van der Waals surface area contributed by atoms with Crippen molar-refractivity contribution >= 4 is 10.8 Å². The topological polar surface area (TPSA) is 42.1 Å². The summed E-state index contributed by atoms with van der Waals surface area (Å²) in [5.41, 5.74) is -0.213. The molecular weight excluding hydrogens is 245 g/mol. The van der Waals surface area contributed by atoms with Crippen molar-refractivity contribution in [2.24, 2.45) is 0 Å². The van der Waals surface area contributed by atoms with Crippen molar-refractivity contribution in [2.45, 2.75) is 0 Å². The molecule has 19 heavy (non-hydrogen) atoms. The molecule has 3 aromatic rings. The van der Waals surface area contributed by atoms with Crippen molar-refractivity contribution < 1.29 is 9.13 Å². The molecule has 0 aliphatic heterocycles. The van der Waals surface area contributed by atoms with Gasteiger partial charge < -0.3 is 9.72 Å². The van der Waals surface area contributed by atoms with Gasteiger partial charge >= 0.3 is 0 Å². The first-order valence-corrected chi connectivity index (χ1v) is 5.78. The molecule has 0 saturated heterocycles. The predicted molar refractivity (Wildman–Crippen MR) is 71.0 cm³/mol. The molecule has 0 radical (unpaired) electrons. The molecule has 1 aromatic heterocycles. The summed E-state index contributed by atoms with van der Waals surface area (Å²) in [5.74, 6) is 0.603.